The molecule has 0 saturated carbocycles. The fraction of sp³-hybridized carbons (Fsp3) is 0.273. The van der Waals surface area contributed by atoms with E-state index in [0.29, 0.717) is 23.1 Å². The fourth-order valence-electron chi connectivity index (χ4n) is 3.52. The van der Waals surface area contributed by atoms with E-state index >= 15 is 0 Å². The third-order valence-electron chi connectivity index (χ3n) is 4.98. The van der Waals surface area contributed by atoms with Gasteiger partial charge in [-0.3, -0.25) is 4.68 Å². The average molecular weight is 421 g/mol. The van der Waals surface area contributed by atoms with Crippen LogP contribution in [-0.2, 0) is 12.6 Å². The molecule has 3 heterocycles. The Bertz CT molecular complexity index is 1240. The summed E-state index contributed by atoms with van der Waals surface area (Å²) in [4.78, 5) is 8.62. The number of anilines is 2. The van der Waals surface area contributed by atoms with Gasteiger partial charge in [-0.25, -0.2) is 19.0 Å². The van der Waals surface area contributed by atoms with E-state index in [1.165, 1.54) is 18.5 Å². The van der Waals surface area contributed by atoms with Crippen molar-refractivity contribution in [1.29, 1.82) is 0 Å². The smallest absolute Gasteiger partial charge is 0.159 e. The third kappa shape index (κ3) is 4.04. The van der Waals surface area contributed by atoms with E-state index in [0.717, 1.165) is 22.5 Å². The predicted molar refractivity (Wildman–Crippen MR) is 116 cm³/mol. The highest BCUT2D eigenvalue weighted by molar-refractivity contribution is 5.71. The maximum Gasteiger partial charge on any atom is 0.159 e. The van der Waals surface area contributed by atoms with Crippen molar-refractivity contribution in [2.45, 2.75) is 33.3 Å². The molecule has 1 aromatic carbocycles. The maximum absolute atomic E-state index is 13.3. The number of benzene rings is 1. The van der Waals surface area contributed by atoms with Crippen LogP contribution in [0.25, 0.3) is 17.1 Å². The molecule has 0 unspecified atom stereocenters. The maximum atomic E-state index is 13.3. The third-order valence-corrected chi connectivity index (χ3v) is 4.98. The minimum atomic E-state index is -1.08. The summed E-state index contributed by atoms with van der Waals surface area (Å²) in [6.45, 7) is 7.21. The summed E-state index contributed by atoms with van der Waals surface area (Å²) < 4.78 is 16.7. The number of nitrogens with one attached hydrogen (secondary N) is 1. The van der Waals surface area contributed by atoms with E-state index in [9.17, 15) is 9.50 Å². The monoisotopic (exact) mass is 421 g/mol. The Hall–Kier alpha value is -3.59. The van der Waals surface area contributed by atoms with Crippen LogP contribution in [0.3, 0.4) is 0 Å². The van der Waals surface area contributed by atoms with E-state index < -0.39 is 5.60 Å². The van der Waals surface area contributed by atoms with Gasteiger partial charge in [-0.05, 0) is 58.0 Å². The molecule has 0 amide bonds. The number of halogens is 1. The van der Waals surface area contributed by atoms with Crippen LogP contribution in [-0.4, -0.2) is 34.6 Å². The molecule has 0 aliphatic carbocycles. The summed E-state index contributed by atoms with van der Waals surface area (Å²) >= 11 is 0. The van der Waals surface area contributed by atoms with Gasteiger partial charge < -0.3 is 10.4 Å². The molecular weight excluding hydrogens is 397 g/mol. The molecule has 9 heteroatoms. The van der Waals surface area contributed by atoms with Crippen LogP contribution in [0.15, 0.2) is 42.7 Å². The molecule has 0 saturated heterocycles. The fourth-order valence-corrected chi connectivity index (χ4v) is 3.52. The lowest BCUT2D eigenvalue weighted by Gasteiger charge is -2.18. The highest BCUT2D eigenvalue weighted by Crippen LogP contribution is 2.30. The molecule has 0 spiro atoms. The molecule has 0 radical (unpaired) electrons. The second kappa shape index (κ2) is 7.59. The summed E-state index contributed by atoms with van der Waals surface area (Å²) in [5.74, 6) is 1.40. The van der Waals surface area contributed by atoms with Crippen LogP contribution in [0.4, 0.5) is 16.0 Å². The molecule has 8 nitrogen and oxygen atoms in total. The van der Waals surface area contributed by atoms with Crippen molar-refractivity contribution < 1.29 is 9.50 Å². The summed E-state index contributed by atoms with van der Waals surface area (Å²) in [7, 11) is 1.84. The zero-order valence-corrected chi connectivity index (χ0v) is 18.0. The zero-order valence-electron chi connectivity index (χ0n) is 18.0. The van der Waals surface area contributed by atoms with Crippen LogP contribution in [0.5, 0.6) is 0 Å². The molecule has 0 aliphatic heterocycles. The van der Waals surface area contributed by atoms with E-state index in [4.69, 9.17) is 0 Å². The Morgan fingerprint density at radius 2 is 1.74 bits per heavy atom. The number of hydrogen-bond acceptors (Lipinski definition) is 6. The Kier molecular flexibility index (Phi) is 5.06. The number of hydrogen-bond donors (Lipinski definition) is 2. The SMILES string of the molecule is Cc1cc(C(C)(C)O)n(-c2cc(Nc3nn(C)c(-c4ccc(F)cc4)c3C)ncn2)n1. The molecular formula is C22H24FN7O. The number of rotatable bonds is 5. The van der Waals surface area contributed by atoms with Crippen molar-refractivity contribution in [2.75, 3.05) is 5.32 Å². The van der Waals surface area contributed by atoms with Crippen molar-refractivity contribution in [2.24, 2.45) is 7.05 Å². The second-order valence-electron chi connectivity index (χ2n) is 7.98. The standard InChI is InChI=1S/C22H24FN7O/c1-13-10-17(22(3,4)31)30(27-13)19-11-18(24-12-25-19)26-21-14(2)20(29(5)28-21)15-6-8-16(23)9-7-15/h6-12,31H,1-5H3,(H,24,25,26,28). The molecule has 0 aliphatic rings. The van der Waals surface area contributed by atoms with Crippen molar-refractivity contribution >= 4 is 11.6 Å². The quantitative estimate of drug-likeness (QED) is 0.509. The van der Waals surface area contributed by atoms with E-state index in [2.05, 4.69) is 25.5 Å². The molecule has 160 valence electrons. The number of aromatic nitrogens is 6. The largest absolute Gasteiger partial charge is 0.384 e. The van der Waals surface area contributed by atoms with Gasteiger partial charge in [0, 0.05) is 24.2 Å². The van der Waals surface area contributed by atoms with Gasteiger partial charge in [0.05, 0.1) is 17.1 Å². The molecule has 2 N–H and O–H groups in total. The topological polar surface area (TPSA) is 93.7 Å². The summed E-state index contributed by atoms with van der Waals surface area (Å²) in [6, 6.07) is 9.88. The van der Waals surface area contributed by atoms with Gasteiger partial charge in [0.15, 0.2) is 11.6 Å². The van der Waals surface area contributed by atoms with E-state index in [1.54, 1.807) is 41.4 Å². The van der Waals surface area contributed by atoms with Gasteiger partial charge >= 0.3 is 0 Å². The van der Waals surface area contributed by atoms with Gasteiger partial charge in [0.2, 0.25) is 0 Å². The number of aryl methyl sites for hydroxylation is 2. The lowest BCUT2D eigenvalue weighted by Crippen LogP contribution is -2.21. The van der Waals surface area contributed by atoms with Crippen LogP contribution in [0.2, 0.25) is 0 Å². The second-order valence-corrected chi connectivity index (χ2v) is 7.98. The first-order chi connectivity index (χ1) is 14.6. The van der Waals surface area contributed by atoms with Crippen LogP contribution in [0.1, 0.15) is 30.8 Å². The molecule has 4 aromatic rings. The van der Waals surface area contributed by atoms with Crippen LogP contribution in [0, 0.1) is 19.7 Å². The molecule has 31 heavy (non-hydrogen) atoms. The Balaban J connectivity index is 1.68. The number of aliphatic hydroxyl groups is 1. The van der Waals surface area contributed by atoms with Gasteiger partial charge in [-0.2, -0.15) is 10.2 Å². The first-order valence-electron chi connectivity index (χ1n) is 9.82. The summed E-state index contributed by atoms with van der Waals surface area (Å²) in [6.07, 6.45) is 1.43. The van der Waals surface area contributed by atoms with Crippen LogP contribution >= 0.6 is 0 Å². The summed E-state index contributed by atoms with van der Waals surface area (Å²) in [5.41, 5.74) is 2.97. The minimum Gasteiger partial charge on any atom is -0.384 e. The van der Waals surface area contributed by atoms with Gasteiger partial charge in [0.1, 0.15) is 23.6 Å². The van der Waals surface area contributed by atoms with Crippen molar-refractivity contribution in [3.05, 3.63) is 65.5 Å². The van der Waals surface area contributed by atoms with Gasteiger partial charge in [-0.1, -0.05) is 0 Å². The Morgan fingerprint density at radius 1 is 1.03 bits per heavy atom. The predicted octanol–water partition coefficient (Wildman–Crippen LogP) is 3.79. The van der Waals surface area contributed by atoms with Crippen molar-refractivity contribution in [1.82, 2.24) is 29.5 Å². The highest BCUT2D eigenvalue weighted by atomic mass is 19.1. The van der Waals surface area contributed by atoms with Crippen molar-refractivity contribution in [3.63, 3.8) is 0 Å². The highest BCUT2D eigenvalue weighted by Gasteiger charge is 2.24. The minimum absolute atomic E-state index is 0.283. The van der Waals surface area contributed by atoms with E-state index in [-0.39, 0.29) is 5.82 Å². The van der Waals surface area contributed by atoms with E-state index in [1.807, 2.05) is 27.0 Å². The van der Waals surface area contributed by atoms with Gasteiger partial charge in [-0.15, -0.1) is 0 Å². The normalized spacial score (nSPS) is 11.7. The molecule has 4 rings (SSSR count). The molecule has 3 aromatic heterocycles. The Morgan fingerprint density at radius 3 is 2.42 bits per heavy atom. The number of nitrogens with zero attached hydrogens (tertiary/aromatic N) is 6. The average Bonchev–Trinajstić information content (AvgIpc) is 3.23. The molecule has 0 fully saturated rings. The lowest BCUT2D eigenvalue weighted by atomic mass is 10.1. The molecule has 0 atom stereocenters. The molecule has 0 bridgehead atoms. The first-order valence-corrected chi connectivity index (χ1v) is 9.82. The Labute approximate surface area is 179 Å². The summed E-state index contributed by atoms with van der Waals surface area (Å²) in [5, 5.41) is 22.7. The van der Waals surface area contributed by atoms with Crippen LogP contribution < -0.4 is 5.32 Å². The van der Waals surface area contributed by atoms with Crippen molar-refractivity contribution in [3.8, 4) is 17.1 Å². The zero-order chi connectivity index (χ0) is 22.3. The first kappa shape index (κ1) is 20.7. The lowest BCUT2D eigenvalue weighted by molar-refractivity contribution is 0.0710. The van der Waals surface area contributed by atoms with Gasteiger partial charge in [0.25, 0.3) is 0 Å².